The van der Waals surface area contributed by atoms with Gasteiger partial charge in [-0.05, 0) is 35.2 Å². The lowest BCUT2D eigenvalue weighted by Crippen LogP contribution is -2.41. The van der Waals surface area contributed by atoms with Gasteiger partial charge in [-0.15, -0.1) is 0 Å². The molecular formula is C24H37NO. The molecular weight excluding hydrogens is 318 g/mol. The molecule has 0 saturated heterocycles. The molecule has 1 unspecified atom stereocenters. The number of nitrogens with two attached hydrogens (primary N) is 1. The monoisotopic (exact) mass is 355 g/mol. The maximum Gasteiger partial charge on any atom is 0.0839 e. The van der Waals surface area contributed by atoms with Crippen molar-refractivity contribution in [3.05, 3.63) is 48.0 Å². The van der Waals surface area contributed by atoms with E-state index in [1.54, 1.807) is 0 Å². The Bertz CT molecular complexity index is 639. The first kappa shape index (κ1) is 20.9. The smallest absolute Gasteiger partial charge is 0.0839 e. The summed E-state index contributed by atoms with van der Waals surface area (Å²) in [6.07, 6.45) is 11.0. The summed E-state index contributed by atoms with van der Waals surface area (Å²) in [6, 6.07) is 14.4. The van der Waals surface area contributed by atoms with Crippen molar-refractivity contribution >= 4 is 10.8 Å². The average molecular weight is 356 g/mol. The summed E-state index contributed by atoms with van der Waals surface area (Å²) in [5, 5.41) is 13.9. The fraction of sp³-hybridized carbons (Fsp3) is 0.583. The van der Waals surface area contributed by atoms with Gasteiger partial charge in [0.15, 0.2) is 0 Å². The fourth-order valence-electron chi connectivity index (χ4n) is 3.86. The maximum absolute atomic E-state index is 11.5. The van der Waals surface area contributed by atoms with E-state index in [0.717, 1.165) is 31.2 Å². The van der Waals surface area contributed by atoms with Gasteiger partial charge in [-0.1, -0.05) is 102 Å². The summed E-state index contributed by atoms with van der Waals surface area (Å²) < 4.78 is 0. The molecule has 0 amide bonds. The Morgan fingerprint density at radius 3 is 1.96 bits per heavy atom. The molecule has 0 radical (unpaired) electrons. The number of aliphatic hydroxyl groups is 1. The summed E-state index contributed by atoms with van der Waals surface area (Å²) >= 11 is 0. The van der Waals surface area contributed by atoms with Crippen molar-refractivity contribution in [3.63, 3.8) is 0 Å². The third kappa shape index (κ3) is 5.82. The van der Waals surface area contributed by atoms with Crippen LogP contribution in [0.2, 0.25) is 0 Å². The van der Waals surface area contributed by atoms with Gasteiger partial charge >= 0.3 is 0 Å². The van der Waals surface area contributed by atoms with Crippen LogP contribution in [0.15, 0.2) is 42.5 Å². The second kappa shape index (κ2) is 10.7. The van der Waals surface area contributed by atoms with E-state index in [-0.39, 0.29) is 6.04 Å². The highest BCUT2D eigenvalue weighted by atomic mass is 16.3. The Morgan fingerprint density at radius 2 is 1.38 bits per heavy atom. The van der Waals surface area contributed by atoms with Gasteiger partial charge in [0.1, 0.15) is 0 Å². The van der Waals surface area contributed by atoms with Crippen LogP contribution in [-0.2, 0) is 0 Å². The number of hydrogen-bond acceptors (Lipinski definition) is 2. The molecule has 2 aromatic rings. The van der Waals surface area contributed by atoms with Gasteiger partial charge < -0.3 is 10.8 Å². The summed E-state index contributed by atoms with van der Waals surface area (Å²) in [7, 11) is 0. The van der Waals surface area contributed by atoms with Crippen molar-refractivity contribution < 1.29 is 5.11 Å². The van der Waals surface area contributed by atoms with Gasteiger partial charge in [0.2, 0.25) is 0 Å². The summed E-state index contributed by atoms with van der Waals surface area (Å²) in [4.78, 5) is 0. The van der Waals surface area contributed by atoms with Crippen molar-refractivity contribution in [2.45, 2.75) is 89.7 Å². The van der Waals surface area contributed by atoms with E-state index in [2.05, 4.69) is 56.3 Å². The van der Waals surface area contributed by atoms with Gasteiger partial charge in [0, 0.05) is 0 Å². The van der Waals surface area contributed by atoms with Crippen LogP contribution in [0.25, 0.3) is 10.8 Å². The molecule has 0 aliphatic carbocycles. The standard InChI is InChI=1S/C24H37NO/c1-3-5-7-11-17-24(26,18-12-8-6-4-2)23(25)22-16-15-20-13-9-10-14-21(20)19-22/h9-10,13-16,19,23,26H,3-8,11-12,17-18,25H2,1-2H3. The van der Waals surface area contributed by atoms with E-state index in [1.807, 2.05) is 0 Å². The van der Waals surface area contributed by atoms with Crippen LogP contribution >= 0.6 is 0 Å². The van der Waals surface area contributed by atoms with Gasteiger partial charge in [-0.3, -0.25) is 0 Å². The lowest BCUT2D eigenvalue weighted by Gasteiger charge is -2.35. The lowest BCUT2D eigenvalue weighted by molar-refractivity contribution is -0.00773. The molecule has 2 rings (SSSR count). The third-order valence-corrected chi connectivity index (χ3v) is 5.64. The molecule has 2 heteroatoms. The molecule has 0 spiro atoms. The van der Waals surface area contributed by atoms with Crippen LogP contribution < -0.4 is 5.73 Å². The minimum Gasteiger partial charge on any atom is -0.388 e. The number of rotatable bonds is 12. The summed E-state index contributed by atoms with van der Waals surface area (Å²) in [5.41, 5.74) is 6.90. The SMILES string of the molecule is CCCCCCC(O)(CCCCCC)C(N)c1ccc2ccccc2c1. The van der Waals surface area contributed by atoms with Crippen LogP contribution in [0, 0.1) is 0 Å². The zero-order chi connectivity index (χ0) is 18.8. The molecule has 0 saturated carbocycles. The molecule has 0 aromatic heterocycles. The minimum atomic E-state index is -0.802. The number of unbranched alkanes of at least 4 members (excludes halogenated alkanes) is 6. The van der Waals surface area contributed by atoms with E-state index in [4.69, 9.17) is 5.73 Å². The summed E-state index contributed by atoms with van der Waals surface area (Å²) in [5.74, 6) is 0. The topological polar surface area (TPSA) is 46.2 Å². The molecule has 144 valence electrons. The van der Waals surface area contributed by atoms with Crippen LogP contribution in [0.4, 0.5) is 0 Å². The van der Waals surface area contributed by atoms with E-state index < -0.39 is 5.60 Å². The Hall–Kier alpha value is -1.38. The van der Waals surface area contributed by atoms with Crippen LogP contribution in [-0.4, -0.2) is 10.7 Å². The number of hydrogen-bond donors (Lipinski definition) is 2. The Morgan fingerprint density at radius 1 is 0.808 bits per heavy atom. The predicted molar refractivity (Wildman–Crippen MR) is 113 cm³/mol. The Balaban J connectivity index is 2.14. The third-order valence-electron chi connectivity index (χ3n) is 5.64. The molecule has 1 atom stereocenters. The first-order chi connectivity index (χ1) is 12.6. The lowest BCUT2D eigenvalue weighted by atomic mass is 9.80. The molecule has 2 nitrogen and oxygen atoms in total. The van der Waals surface area contributed by atoms with E-state index in [0.29, 0.717) is 0 Å². The van der Waals surface area contributed by atoms with Crippen LogP contribution in [0.3, 0.4) is 0 Å². The van der Waals surface area contributed by atoms with E-state index in [9.17, 15) is 5.11 Å². The zero-order valence-electron chi connectivity index (χ0n) is 16.7. The highest BCUT2D eigenvalue weighted by molar-refractivity contribution is 5.83. The normalized spacial score (nSPS) is 13.2. The number of fused-ring (bicyclic) bond motifs is 1. The Labute approximate surface area is 159 Å². The highest BCUT2D eigenvalue weighted by Crippen LogP contribution is 2.35. The first-order valence-electron chi connectivity index (χ1n) is 10.6. The fourth-order valence-corrected chi connectivity index (χ4v) is 3.86. The van der Waals surface area contributed by atoms with Crippen molar-refractivity contribution in [3.8, 4) is 0 Å². The van der Waals surface area contributed by atoms with Crippen molar-refractivity contribution in [1.82, 2.24) is 0 Å². The molecule has 2 aromatic carbocycles. The van der Waals surface area contributed by atoms with Gasteiger partial charge in [-0.2, -0.15) is 0 Å². The minimum absolute atomic E-state index is 0.324. The molecule has 0 bridgehead atoms. The second-order valence-electron chi connectivity index (χ2n) is 7.81. The summed E-state index contributed by atoms with van der Waals surface area (Å²) in [6.45, 7) is 4.44. The number of benzene rings is 2. The molecule has 26 heavy (non-hydrogen) atoms. The average Bonchev–Trinajstić information content (AvgIpc) is 2.68. The van der Waals surface area contributed by atoms with Crippen LogP contribution in [0.1, 0.15) is 89.7 Å². The quantitative estimate of drug-likeness (QED) is 0.426. The molecule has 0 aliphatic heterocycles. The van der Waals surface area contributed by atoms with Gasteiger partial charge in [0.25, 0.3) is 0 Å². The van der Waals surface area contributed by atoms with Crippen molar-refractivity contribution in [1.29, 1.82) is 0 Å². The van der Waals surface area contributed by atoms with Crippen LogP contribution in [0.5, 0.6) is 0 Å². The first-order valence-corrected chi connectivity index (χ1v) is 10.6. The van der Waals surface area contributed by atoms with Gasteiger partial charge in [0.05, 0.1) is 11.6 Å². The second-order valence-corrected chi connectivity index (χ2v) is 7.81. The van der Waals surface area contributed by atoms with Crippen molar-refractivity contribution in [2.75, 3.05) is 0 Å². The zero-order valence-corrected chi connectivity index (χ0v) is 16.7. The molecule has 3 N–H and O–H groups in total. The molecule has 0 fully saturated rings. The largest absolute Gasteiger partial charge is 0.388 e. The van der Waals surface area contributed by atoms with Gasteiger partial charge in [-0.25, -0.2) is 0 Å². The van der Waals surface area contributed by atoms with E-state index in [1.165, 1.54) is 49.3 Å². The van der Waals surface area contributed by atoms with E-state index >= 15 is 0 Å². The maximum atomic E-state index is 11.5. The predicted octanol–water partition coefficient (Wildman–Crippen LogP) is 6.51. The Kier molecular flexibility index (Phi) is 8.61. The highest BCUT2D eigenvalue weighted by Gasteiger charge is 2.34. The molecule has 0 heterocycles. The molecule has 0 aliphatic rings. The van der Waals surface area contributed by atoms with Crippen molar-refractivity contribution in [2.24, 2.45) is 5.73 Å².